The van der Waals surface area contributed by atoms with Gasteiger partial charge in [-0.15, -0.1) is 12.4 Å². The highest BCUT2D eigenvalue weighted by Gasteiger charge is 2.15. The Bertz CT molecular complexity index is 455. The molecule has 1 fully saturated rings. The second kappa shape index (κ2) is 7.91. The molecule has 0 unspecified atom stereocenters. The molecule has 1 aromatic rings. The Labute approximate surface area is 124 Å². The Kier molecular flexibility index (Phi) is 6.54. The maximum atomic E-state index is 11.8. The number of nitrogens with one attached hydrogen (secondary N) is 3. The van der Waals surface area contributed by atoms with Gasteiger partial charge in [0.25, 0.3) is 5.91 Å². The van der Waals surface area contributed by atoms with Gasteiger partial charge in [0, 0.05) is 12.6 Å². The quantitative estimate of drug-likeness (QED) is 0.658. The lowest BCUT2D eigenvalue weighted by atomic mass is 9.93. The lowest BCUT2D eigenvalue weighted by Crippen LogP contribution is -2.28. The van der Waals surface area contributed by atoms with Gasteiger partial charge in [-0.3, -0.25) is 9.59 Å². The Hall–Kier alpha value is -1.53. The summed E-state index contributed by atoms with van der Waals surface area (Å²) in [4.78, 5) is 25.4. The fourth-order valence-electron chi connectivity index (χ4n) is 2.34. The number of hydrogen-bond donors (Lipinski definition) is 4. The van der Waals surface area contributed by atoms with Crippen molar-refractivity contribution in [3.8, 4) is 0 Å². The molecule has 5 N–H and O–H groups in total. The fourth-order valence-corrected chi connectivity index (χ4v) is 2.34. The van der Waals surface area contributed by atoms with Crippen molar-refractivity contribution >= 4 is 29.9 Å². The number of halogens is 1. The molecule has 0 saturated carbocycles. The van der Waals surface area contributed by atoms with Crippen LogP contribution in [0.25, 0.3) is 0 Å². The summed E-state index contributed by atoms with van der Waals surface area (Å²) in [6.07, 6.45) is 5.29. The minimum Gasteiger partial charge on any atom is -0.364 e. The van der Waals surface area contributed by atoms with Gasteiger partial charge in [-0.05, 0) is 44.3 Å². The number of H-pyrrole nitrogens is 1. The van der Waals surface area contributed by atoms with Crippen LogP contribution in [0.2, 0.25) is 0 Å². The summed E-state index contributed by atoms with van der Waals surface area (Å²) in [7, 11) is 0. The molecule has 0 aliphatic carbocycles. The standard InChI is InChI=1S/C13H20N4O2.ClH/c14-13(19)11-7-10(8-16-11)17-12(18)2-1-9-3-5-15-6-4-9;/h7-9,15-16H,1-6H2,(H2,14,19)(H,17,18);1H. The van der Waals surface area contributed by atoms with Crippen LogP contribution in [0.3, 0.4) is 0 Å². The summed E-state index contributed by atoms with van der Waals surface area (Å²) in [6.45, 7) is 2.10. The van der Waals surface area contributed by atoms with Crippen LogP contribution >= 0.6 is 12.4 Å². The van der Waals surface area contributed by atoms with Crippen molar-refractivity contribution in [1.29, 1.82) is 0 Å². The molecule has 1 aliphatic rings. The van der Waals surface area contributed by atoms with E-state index in [4.69, 9.17) is 5.73 Å². The van der Waals surface area contributed by atoms with Crippen molar-refractivity contribution in [2.75, 3.05) is 18.4 Å². The molecule has 2 amide bonds. The first-order chi connectivity index (χ1) is 9.15. The predicted octanol–water partition coefficient (Wildman–Crippen LogP) is 1.25. The third-order valence-corrected chi connectivity index (χ3v) is 3.47. The first-order valence-electron chi connectivity index (χ1n) is 6.64. The normalized spacial score (nSPS) is 15.4. The molecule has 0 aromatic carbocycles. The van der Waals surface area contributed by atoms with E-state index < -0.39 is 5.91 Å². The number of carbonyl (C=O) groups excluding carboxylic acids is 2. The highest BCUT2D eigenvalue weighted by molar-refractivity contribution is 5.95. The Morgan fingerprint density at radius 1 is 1.35 bits per heavy atom. The molecule has 6 nitrogen and oxygen atoms in total. The third kappa shape index (κ3) is 4.86. The monoisotopic (exact) mass is 300 g/mol. The van der Waals surface area contributed by atoms with Crippen LogP contribution in [0.4, 0.5) is 5.69 Å². The van der Waals surface area contributed by atoms with Gasteiger partial charge in [-0.1, -0.05) is 0 Å². The molecule has 0 atom stereocenters. The number of amides is 2. The molecular formula is C13H21ClN4O2. The molecule has 2 rings (SSSR count). The summed E-state index contributed by atoms with van der Waals surface area (Å²) in [5.74, 6) is 0.0863. The second-order valence-corrected chi connectivity index (χ2v) is 4.95. The number of anilines is 1. The zero-order valence-corrected chi connectivity index (χ0v) is 12.1. The number of aromatic amines is 1. The third-order valence-electron chi connectivity index (χ3n) is 3.47. The van der Waals surface area contributed by atoms with Gasteiger partial charge in [0.05, 0.1) is 5.69 Å². The van der Waals surface area contributed by atoms with Crippen molar-refractivity contribution in [2.24, 2.45) is 11.7 Å². The zero-order valence-electron chi connectivity index (χ0n) is 11.3. The van der Waals surface area contributed by atoms with Gasteiger partial charge >= 0.3 is 0 Å². The van der Waals surface area contributed by atoms with Crippen LogP contribution in [0.5, 0.6) is 0 Å². The maximum absolute atomic E-state index is 11.8. The number of nitrogens with two attached hydrogens (primary N) is 1. The fraction of sp³-hybridized carbons (Fsp3) is 0.538. The molecule has 1 aromatic heterocycles. The smallest absolute Gasteiger partial charge is 0.265 e. The van der Waals surface area contributed by atoms with Crippen molar-refractivity contribution in [3.63, 3.8) is 0 Å². The van der Waals surface area contributed by atoms with Gasteiger partial charge in [-0.2, -0.15) is 0 Å². The lowest BCUT2D eigenvalue weighted by molar-refractivity contribution is -0.116. The molecule has 0 radical (unpaired) electrons. The highest BCUT2D eigenvalue weighted by Crippen LogP contribution is 2.18. The minimum absolute atomic E-state index is 0. The molecule has 20 heavy (non-hydrogen) atoms. The summed E-state index contributed by atoms with van der Waals surface area (Å²) in [6, 6.07) is 1.55. The van der Waals surface area contributed by atoms with Crippen molar-refractivity contribution in [3.05, 3.63) is 18.0 Å². The summed E-state index contributed by atoms with van der Waals surface area (Å²) in [5, 5.41) is 6.07. The highest BCUT2D eigenvalue weighted by atomic mass is 35.5. The largest absolute Gasteiger partial charge is 0.364 e. The summed E-state index contributed by atoms with van der Waals surface area (Å²) in [5.41, 5.74) is 6.01. The SMILES string of the molecule is Cl.NC(=O)c1cc(NC(=O)CCC2CCNCC2)c[nH]1. The molecule has 1 saturated heterocycles. The minimum atomic E-state index is -0.532. The van der Waals surface area contributed by atoms with Gasteiger partial charge in [-0.25, -0.2) is 0 Å². The van der Waals surface area contributed by atoms with Crippen LogP contribution < -0.4 is 16.4 Å². The number of primary amides is 1. The first kappa shape index (κ1) is 16.5. The summed E-state index contributed by atoms with van der Waals surface area (Å²) >= 11 is 0. The van der Waals surface area contributed by atoms with Crippen LogP contribution in [0.1, 0.15) is 36.2 Å². The van der Waals surface area contributed by atoms with E-state index in [1.165, 1.54) is 0 Å². The number of piperidine rings is 1. The number of carbonyl (C=O) groups is 2. The number of aromatic nitrogens is 1. The van der Waals surface area contributed by atoms with E-state index in [0.717, 1.165) is 32.4 Å². The molecule has 2 heterocycles. The van der Waals surface area contributed by atoms with Crippen molar-refractivity contribution in [2.45, 2.75) is 25.7 Å². The molecule has 112 valence electrons. The van der Waals surface area contributed by atoms with Crippen LogP contribution in [0.15, 0.2) is 12.3 Å². The topological polar surface area (TPSA) is 100 Å². The average molecular weight is 301 g/mol. The van der Waals surface area contributed by atoms with Crippen LogP contribution in [-0.2, 0) is 4.79 Å². The van der Waals surface area contributed by atoms with Crippen LogP contribution in [-0.4, -0.2) is 29.9 Å². The number of hydrogen-bond acceptors (Lipinski definition) is 3. The Morgan fingerprint density at radius 2 is 2.05 bits per heavy atom. The number of rotatable bonds is 5. The molecule has 1 aliphatic heterocycles. The Morgan fingerprint density at radius 3 is 2.65 bits per heavy atom. The van der Waals surface area contributed by atoms with E-state index in [0.29, 0.717) is 23.7 Å². The predicted molar refractivity (Wildman–Crippen MR) is 80.0 cm³/mol. The molecule has 0 spiro atoms. The van der Waals surface area contributed by atoms with Crippen molar-refractivity contribution < 1.29 is 9.59 Å². The van der Waals surface area contributed by atoms with Crippen molar-refractivity contribution in [1.82, 2.24) is 10.3 Å². The van der Waals surface area contributed by atoms with E-state index >= 15 is 0 Å². The summed E-state index contributed by atoms with van der Waals surface area (Å²) < 4.78 is 0. The van der Waals surface area contributed by atoms with Crippen LogP contribution in [0, 0.1) is 5.92 Å². The molecule has 7 heteroatoms. The lowest BCUT2D eigenvalue weighted by Gasteiger charge is -2.22. The van der Waals surface area contributed by atoms with E-state index in [9.17, 15) is 9.59 Å². The zero-order chi connectivity index (χ0) is 13.7. The first-order valence-corrected chi connectivity index (χ1v) is 6.64. The van der Waals surface area contributed by atoms with Gasteiger partial charge in [0.1, 0.15) is 5.69 Å². The van der Waals surface area contributed by atoms with Gasteiger partial charge < -0.3 is 21.4 Å². The molecular weight excluding hydrogens is 280 g/mol. The van der Waals surface area contributed by atoms with Gasteiger partial charge in [0.15, 0.2) is 0 Å². The molecule has 0 bridgehead atoms. The van der Waals surface area contributed by atoms with E-state index in [1.807, 2.05) is 0 Å². The average Bonchev–Trinajstić information content (AvgIpc) is 2.86. The maximum Gasteiger partial charge on any atom is 0.265 e. The Balaban J connectivity index is 0.00000200. The second-order valence-electron chi connectivity index (χ2n) is 4.95. The van der Waals surface area contributed by atoms with E-state index in [1.54, 1.807) is 12.3 Å². The van der Waals surface area contributed by atoms with Gasteiger partial charge in [0.2, 0.25) is 5.91 Å². The van der Waals surface area contributed by atoms with E-state index in [2.05, 4.69) is 15.6 Å². The van der Waals surface area contributed by atoms with E-state index in [-0.39, 0.29) is 18.3 Å².